The van der Waals surface area contributed by atoms with Crippen LogP contribution in [0.25, 0.3) is 6.08 Å². The molecule has 2 aromatic carbocycles. The van der Waals surface area contributed by atoms with Gasteiger partial charge in [0.15, 0.2) is 27.4 Å². The number of sulfone groups is 1. The Morgan fingerprint density at radius 1 is 1.05 bits per heavy atom. The minimum absolute atomic E-state index is 0.000328. The number of rotatable bonds is 8. The number of aromatic nitrogens is 1. The molecule has 10 nitrogen and oxygen atoms in total. The predicted octanol–water partition coefficient (Wildman–Crippen LogP) is 4.28. The summed E-state index contributed by atoms with van der Waals surface area (Å²) in [5.41, 5.74) is 2.06. The van der Waals surface area contributed by atoms with Crippen LogP contribution >= 0.6 is 0 Å². The van der Waals surface area contributed by atoms with Crippen molar-refractivity contribution in [3.05, 3.63) is 114 Å². The van der Waals surface area contributed by atoms with E-state index in [4.69, 9.17) is 9.47 Å². The number of amides is 2. The van der Waals surface area contributed by atoms with E-state index in [9.17, 15) is 22.8 Å². The van der Waals surface area contributed by atoms with Crippen LogP contribution in [-0.4, -0.2) is 59.0 Å². The number of esters is 1. The van der Waals surface area contributed by atoms with Crippen molar-refractivity contribution in [1.82, 2.24) is 9.88 Å². The molecule has 2 saturated heterocycles. The Kier molecular flexibility index (Phi) is 7.70. The monoisotopic (exact) mass is 587 g/mol. The number of nitrogens with one attached hydrogen (secondary N) is 1. The number of carbonyl (C=O) groups excluding carboxylic acids is 3. The molecule has 216 valence electrons. The molecule has 11 heteroatoms. The summed E-state index contributed by atoms with van der Waals surface area (Å²) in [6, 6.07) is 19.9. The van der Waals surface area contributed by atoms with Crippen LogP contribution in [0, 0.1) is 0 Å². The van der Waals surface area contributed by atoms with Crippen LogP contribution in [0.2, 0.25) is 0 Å². The van der Waals surface area contributed by atoms with Crippen molar-refractivity contribution >= 4 is 39.6 Å². The van der Waals surface area contributed by atoms with Gasteiger partial charge in [0, 0.05) is 0 Å². The molecule has 0 bridgehead atoms. The van der Waals surface area contributed by atoms with Gasteiger partial charge in [0.1, 0.15) is 11.4 Å². The predicted molar refractivity (Wildman–Crippen MR) is 156 cm³/mol. The molecular weight excluding hydrogens is 558 g/mol. The summed E-state index contributed by atoms with van der Waals surface area (Å²) in [6.07, 6.45) is 2.67. The van der Waals surface area contributed by atoms with E-state index in [2.05, 4.69) is 16.9 Å². The molecule has 3 aromatic rings. The van der Waals surface area contributed by atoms with E-state index in [1.807, 2.05) is 60.7 Å². The van der Waals surface area contributed by atoms with Crippen LogP contribution in [-0.2, 0) is 28.9 Å². The molecule has 5 rings (SSSR count). The number of benzene rings is 2. The number of fused-ring (bicyclic) bond motifs is 1. The van der Waals surface area contributed by atoms with Crippen molar-refractivity contribution < 1.29 is 32.3 Å². The maximum atomic E-state index is 13.7. The van der Waals surface area contributed by atoms with Crippen LogP contribution in [0.3, 0.4) is 0 Å². The molecule has 0 radical (unpaired) electrons. The Bertz CT molecular complexity index is 1610. The van der Waals surface area contributed by atoms with E-state index in [-0.39, 0.29) is 12.2 Å². The average Bonchev–Trinajstić information content (AvgIpc) is 3.13. The maximum absolute atomic E-state index is 13.7. The fourth-order valence-corrected chi connectivity index (χ4v) is 7.22. The smallest absolute Gasteiger partial charge is 0.411 e. The Balaban J connectivity index is 1.40. The van der Waals surface area contributed by atoms with Crippen molar-refractivity contribution in [3.8, 4) is 0 Å². The zero-order valence-electron chi connectivity index (χ0n) is 23.0. The first-order valence-electron chi connectivity index (χ1n) is 13.1. The Morgan fingerprint density at radius 2 is 1.67 bits per heavy atom. The summed E-state index contributed by atoms with van der Waals surface area (Å²) in [6.45, 7) is 6.38. The van der Waals surface area contributed by atoms with Crippen LogP contribution in [0.15, 0.2) is 97.2 Å². The molecular formula is C31H29N3O7S. The molecule has 0 spiro atoms. The first kappa shape index (κ1) is 28.7. The summed E-state index contributed by atoms with van der Waals surface area (Å²) >= 11 is 0. The zero-order chi connectivity index (χ0) is 30.1. The molecule has 1 aromatic heterocycles. The standard InChI is InChI=1S/C31H29N3O7S/c1-4-17-40-30(37)33-23-16-15-22(32-19-23)18-24-27(35)34-26(31(2,3)42(38,39)28(24)34)29(36)41-25(20-11-7-5-8-12-20)21-13-9-6-10-14-21/h4-16,18-19,25-26,28H,1,17H2,2-3H3,(H,33,37)/b24-18-/t26-,28+/m0/s1. The van der Waals surface area contributed by atoms with Gasteiger partial charge in [-0.15, -0.1) is 0 Å². The molecule has 0 aliphatic carbocycles. The average molecular weight is 588 g/mol. The number of ether oxygens (including phenoxy) is 2. The Labute approximate surface area is 243 Å². The molecule has 3 heterocycles. The lowest BCUT2D eigenvalue weighted by atomic mass is 9.94. The number of nitrogens with zero attached hydrogens (tertiary/aromatic N) is 2. The van der Waals surface area contributed by atoms with Crippen LogP contribution in [0.1, 0.15) is 36.8 Å². The van der Waals surface area contributed by atoms with Gasteiger partial charge >= 0.3 is 12.1 Å². The number of carbonyl (C=O) groups is 3. The quantitative estimate of drug-likeness (QED) is 0.179. The van der Waals surface area contributed by atoms with E-state index in [0.29, 0.717) is 22.5 Å². The van der Waals surface area contributed by atoms with Gasteiger partial charge < -0.3 is 14.4 Å². The second-order valence-corrected chi connectivity index (χ2v) is 12.9. The Morgan fingerprint density at radius 3 is 2.21 bits per heavy atom. The third-order valence-corrected chi connectivity index (χ3v) is 10.1. The van der Waals surface area contributed by atoms with E-state index in [1.165, 1.54) is 44.3 Å². The lowest BCUT2D eigenvalue weighted by Crippen LogP contribution is -2.59. The van der Waals surface area contributed by atoms with Gasteiger partial charge in [-0.25, -0.2) is 18.0 Å². The third kappa shape index (κ3) is 5.07. The highest BCUT2D eigenvalue weighted by Crippen LogP contribution is 2.49. The number of hydrogen-bond donors (Lipinski definition) is 1. The summed E-state index contributed by atoms with van der Waals surface area (Å²) in [7, 11) is -4.03. The second kappa shape index (κ2) is 11.2. The van der Waals surface area contributed by atoms with E-state index in [0.717, 1.165) is 4.90 Å². The lowest BCUT2D eigenvalue weighted by Gasteiger charge is -2.38. The van der Waals surface area contributed by atoms with Crippen LogP contribution < -0.4 is 5.32 Å². The maximum Gasteiger partial charge on any atom is 0.411 e. The zero-order valence-corrected chi connectivity index (χ0v) is 23.8. The van der Waals surface area contributed by atoms with Gasteiger partial charge in [-0.2, -0.15) is 0 Å². The van der Waals surface area contributed by atoms with Crippen molar-refractivity contribution in [1.29, 1.82) is 0 Å². The van der Waals surface area contributed by atoms with Gasteiger partial charge in [0.2, 0.25) is 0 Å². The molecule has 2 fully saturated rings. The second-order valence-electron chi connectivity index (χ2n) is 10.3. The molecule has 42 heavy (non-hydrogen) atoms. The number of hydrogen-bond acceptors (Lipinski definition) is 8. The van der Waals surface area contributed by atoms with E-state index >= 15 is 0 Å². The first-order valence-corrected chi connectivity index (χ1v) is 14.7. The normalized spacial score (nSPS) is 20.9. The molecule has 1 N–H and O–H groups in total. The van der Waals surface area contributed by atoms with Gasteiger partial charge in [0.25, 0.3) is 5.91 Å². The lowest BCUT2D eigenvalue weighted by molar-refractivity contribution is -0.160. The molecule has 0 saturated carbocycles. The molecule has 2 aliphatic rings. The number of β-lactam (4-membered cyclic amide) rings is 1. The minimum atomic E-state index is -4.03. The SMILES string of the molecule is C=CCOC(=O)Nc1ccc(/C=C2/C(=O)N3[C@@H](C(=O)OC(c4ccccc4)c4ccccc4)C(C)(C)S(=O)(=O)[C@H]23)nc1. The number of pyridine rings is 1. The topological polar surface area (TPSA) is 132 Å². The first-order chi connectivity index (χ1) is 20.1. The summed E-state index contributed by atoms with van der Waals surface area (Å²) in [5, 5.41) is 1.18. The van der Waals surface area contributed by atoms with Crippen molar-refractivity contribution in [3.63, 3.8) is 0 Å². The van der Waals surface area contributed by atoms with Crippen molar-refractivity contribution in [2.75, 3.05) is 11.9 Å². The van der Waals surface area contributed by atoms with E-state index in [1.54, 1.807) is 0 Å². The highest BCUT2D eigenvalue weighted by molar-refractivity contribution is 7.94. The van der Waals surface area contributed by atoms with Crippen molar-refractivity contribution in [2.45, 2.75) is 36.1 Å². The van der Waals surface area contributed by atoms with Gasteiger partial charge in [-0.1, -0.05) is 73.3 Å². The van der Waals surface area contributed by atoms with Gasteiger partial charge in [-0.3, -0.25) is 15.1 Å². The summed E-state index contributed by atoms with van der Waals surface area (Å²) in [5.74, 6) is -1.41. The fraction of sp³-hybridized carbons (Fsp3) is 0.226. The summed E-state index contributed by atoms with van der Waals surface area (Å²) < 4.78 is 36.6. The Hall–Kier alpha value is -4.77. The number of anilines is 1. The van der Waals surface area contributed by atoms with Gasteiger partial charge in [0.05, 0.1) is 23.2 Å². The molecule has 2 aliphatic heterocycles. The highest BCUT2D eigenvalue weighted by atomic mass is 32.2. The summed E-state index contributed by atoms with van der Waals surface area (Å²) in [4.78, 5) is 44.1. The third-order valence-electron chi connectivity index (χ3n) is 7.29. The highest BCUT2D eigenvalue weighted by Gasteiger charge is 2.70. The fourth-order valence-electron chi connectivity index (χ4n) is 5.10. The van der Waals surface area contributed by atoms with Crippen molar-refractivity contribution in [2.24, 2.45) is 0 Å². The minimum Gasteiger partial charge on any atom is -0.451 e. The van der Waals surface area contributed by atoms with E-state index < -0.39 is 50.1 Å². The van der Waals surface area contributed by atoms with Crippen LogP contribution in [0.4, 0.5) is 10.5 Å². The molecule has 0 unspecified atom stereocenters. The largest absolute Gasteiger partial charge is 0.451 e. The van der Waals surface area contributed by atoms with Gasteiger partial charge in [-0.05, 0) is 43.2 Å². The molecule has 2 atom stereocenters. The molecule has 2 amide bonds. The van der Waals surface area contributed by atoms with Crippen LogP contribution in [0.5, 0.6) is 0 Å².